The Balaban J connectivity index is 2.15. The molecule has 2 aromatic carbocycles. The number of nitrogens with zero attached hydrogens (tertiary/aromatic N) is 3. The molecule has 0 saturated carbocycles. The second kappa shape index (κ2) is 5.10. The van der Waals surface area contributed by atoms with E-state index in [1.165, 1.54) is 4.57 Å². The van der Waals surface area contributed by atoms with Crippen molar-refractivity contribution in [1.82, 2.24) is 19.7 Å². The van der Waals surface area contributed by atoms with Crippen molar-refractivity contribution in [3.8, 4) is 5.69 Å². The number of nitrogens with one attached hydrogen (secondary N) is 1. The highest BCUT2D eigenvalue weighted by Crippen LogP contribution is 2.19. The van der Waals surface area contributed by atoms with Gasteiger partial charge in [0.25, 0.3) is 5.56 Å². The van der Waals surface area contributed by atoms with Gasteiger partial charge in [0, 0.05) is 5.39 Å². The van der Waals surface area contributed by atoms with Gasteiger partial charge in [0.15, 0.2) is 10.3 Å². The van der Waals surface area contributed by atoms with Gasteiger partial charge < -0.3 is 4.98 Å². The minimum absolute atomic E-state index is 0.273. The molecule has 0 saturated heterocycles. The molecule has 0 atom stereocenters. The summed E-state index contributed by atoms with van der Waals surface area (Å²) in [5.41, 5.74) is 3.15. The van der Waals surface area contributed by atoms with Crippen molar-refractivity contribution in [3.05, 3.63) is 69.2 Å². The number of aryl methyl sites for hydroxylation is 1. The Labute approximate surface area is 136 Å². The predicted octanol–water partition coefficient (Wildman–Crippen LogP) is 3.30. The highest BCUT2D eigenvalue weighted by Gasteiger charge is 2.12. The van der Waals surface area contributed by atoms with Gasteiger partial charge in [-0.3, -0.25) is 9.36 Å². The molecular weight excluding hydrogens is 308 g/mol. The summed E-state index contributed by atoms with van der Waals surface area (Å²) in [4.78, 5) is 16.0. The van der Waals surface area contributed by atoms with E-state index in [-0.39, 0.29) is 11.1 Å². The van der Waals surface area contributed by atoms with Gasteiger partial charge in [0.1, 0.15) is 0 Å². The van der Waals surface area contributed by atoms with E-state index in [9.17, 15) is 4.79 Å². The SMILES string of the molecule is Cc1ccc2c(c1)nnc1c(=O)n(-c3ccccc3)c(=S)[nH]c12. The van der Waals surface area contributed by atoms with E-state index in [0.29, 0.717) is 16.0 Å². The molecule has 4 aromatic rings. The lowest BCUT2D eigenvalue weighted by Crippen LogP contribution is -2.21. The van der Waals surface area contributed by atoms with Crippen LogP contribution in [0.3, 0.4) is 0 Å². The van der Waals surface area contributed by atoms with Crippen molar-refractivity contribution in [2.75, 3.05) is 0 Å². The van der Waals surface area contributed by atoms with Gasteiger partial charge in [0.2, 0.25) is 0 Å². The second-order valence-electron chi connectivity index (χ2n) is 5.35. The number of H-pyrrole nitrogens is 1. The van der Waals surface area contributed by atoms with Crippen LogP contribution in [0.25, 0.3) is 27.6 Å². The van der Waals surface area contributed by atoms with E-state index < -0.39 is 0 Å². The third-order valence-electron chi connectivity index (χ3n) is 3.77. The molecule has 112 valence electrons. The number of fused-ring (bicyclic) bond motifs is 3. The van der Waals surface area contributed by atoms with Crippen molar-refractivity contribution in [2.24, 2.45) is 0 Å². The van der Waals surface area contributed by atoms with Gasteiger partial charge in [0.05, 0.1) is 16.7 Å². The first-order valence-corrected chi connectivity index (χ1v) is 7.53. The molecule has 6 heteroatoms. The Kier molecular flexibility index (Phi) is 3.06. The fourth-order valence-corrected chi connectivity index (χ4v) is 2.96. The van der Waals surface area contributed by atoms with Crippen molar-refractivity contribution in [2.45, 2.75) is 6.92 Å². The summed E-state index contributed by atoms with van der Waals surface area (Å²) < 4.78 is 1.77. The van der Waals surface area contributed by atoms with Crippen LogP contribution in [0.2, 0.25) is 0 Å². The summed E-state index contributed by atoms with van der Waals surface area (Å²) in [6.07, 6.45) is 0. The lowest BCUT2D eigenvalue weighted by Gasteiger charge is -2.08. The second-order valence-corrected chi connectivity index (χ2v) is 5.74. The predicted molar refractivity (Wildman–Crippen MR) is 92.6 cm³/mol. The molecule has 0 amide bonds. The average Bonchev–Trinajstić information content (AvgIpc) is 2.55. The molecule has 0 radical (unpaired) electrons. The van der Waals surface area contributed by atoms with Crippen molar-refractivity contribution in [1.29, 1.82) is 0 Å². The van der Waals surface area contributed by atoms with Crippen LogP contribution in [0.4, 0.5) is 0 Å². The van der Waals surface area contributed by atoms with Gasteiger partial charge in [-0.2, -0.15) is 0 Å². The van der Waals surface area contributed by atoms with Gasteiger partial charge in [-0.05, 0) is 42.9 Å². The number of hydrogen-bond acceptors (Lipinski definition) is 4. The molecule has 0 spiro atoms. The standard InChI is InChI=1S/C17H12N4OS/c1-10-7-8-12-13(9-10)19-20-15-14(12)18-17(23)21(16(15)22)11-5-3-2-4-6-11/h2-9H,1H3,(H,18,23). The quantitative estimate of drug-likeness (QED) is 0.432. The first kappa shape index (κ1) is 13.8. The molecule has 5 nitrogen and oxygen atoms in total. The Hall–Kier alpha value is -2.86. The maximum absolute atomic E-state index is 12.8. The zero-order valence-electron chi connectivity index (χ0n) is 12.3. The molecule has 2 heterocycles. The van der Waals surface area contributed by atoms with Crippen LogP contribution in [0.15, 0.2) is 53.3 Å². The van der Waals surface area contributed by atoms with Crippen LogP contribution in [0, 0.1) is 11.7 Å². The summed E-state index contributed by atoms with van der Waals surface area (Å²) in [5, 5.41) is 9.13. The van der Waals surface area contributed by atoms with Crippen molar-refractivity contribution < 1.29 is 0 Å². The van der Waals surface area contributed by atoms with Crippen molar-refractivity contribution in [3.63, 3.8) is 0 Å². The Morgan fingerprint density at radius 1 is 1.09 bits per heavy atom. The van der Waals surface area contributed by atoms with Crippen LogP contribution in [-0.2, 0) is 0 Å². The number of benzene rings is 2. The zero-order chi connectivity index (χ0) is 16.0. The number of aromatic nitrogens is 4. The molecular formula is C17H12N4OS. The normalized spacial score (nSPS) is 11.2. The molecule has 0 fully saturated rings. The van der Waals surface area contributed by atoms with Gasteiger partial charge in [-0.15, -0.1) is 10.2 Å². The van der Waals surface area contributed by atoms with Crippen molar-refractivity contribution >= 4 is 34.2 Å². The van der Waals surface area contributed by atoms with Crippen LogP contribution in [0.5, 0.6) is 0 Å². The number of rotatable bonds is 1. The molecule has 2 aromatic heterocycles. The molecule has 0 bridgehead atoms. The largest absolute Gasteiger partial charge is 0.329 e. The molecule has 0 aliphatic rings. The first-order valence-electron chi connectivity index (χ1n) is 7.12. The van der Waals surface area contributed by atoms with Crippen LogP contribution < -0.4 is 5.56 Å². The molecule has 23 heavy (non-hydrogen) atoms. The first-order chi connectivity index (χ1) is 11.1. The summed E-state index contributed by atoms with van der Waals surface area (Å²) in [7, 11) is 0. The lowest BCUT2D eigenvalue weighted by atomic mass is 10.1. The van der Waals surface area contributed by atoms with Crippen LogP contribution >= 0.6 is 12.2 Å². The number of hydrogen-bond donors (Lipinski definition) is 1. The fourth-order valence-electron chi connectivity index (χ4n) is 2.67. The van der Waals surface area contributed by atoms with Crippen LogP contribution in [-0.4, -0.2) is 19.7 Å². The van der Waals surface area contributed by atoms with E-state index >= 15 is 0 Å². The zero-order valence-corrected chi connectivity index (χ0v) is 13.1. The summed E-state index contributed by atoms with van der Waals surface area (Å²) in [5.74, 6) is 0. The molecule has 0 unspecified atom stereocenters. The van der Waals surface area contributed by atoms with E-state index in [4.69, 9.17) is 12.2 Å². The third kappa shape index (κ3) is 2.15. The van der Waals surface area contributed by atoms with E-state index in [1.54, 1.807) is 0 Å². The maximum Gasteiger partial charge on any atom is 0.287 e. The van der Waals surface area contributed by atoms with E-state index in [0.717, 1.165) is 16.5 Å². The Morgan fingerprint density at radius 3 is 2.65 bits per heavy atom. The molecule has 0 aliphatic carbocycles. The maximum atomic E-state index is 12.8. The summed E-state index contributed by atoms with van der Waals surface area (Å²) >= 11 is 5.40. The third-order valence-corrected chi connectivity index (χ3v) is 4.06. The number of aromatic amines is 1. The van der Waals surface area contributed by atoms with Gasteiger partial charge in [-0.25, -0.2) is 0 Å². The molecule has 0 aliphatic heterocycles. The summed E-state index contributed by atoms with van der Waals surface area (Å²) in [6.45, 7) is 1.99. The van der Waals surface area contributed by atoms with Gasteiger partial charge >= 0.3 is 0 Å². The van der Waals surface area contributed by atoms with E-state index in [2.05, 4.69) is 15.2 Å². The summed E-state index contributed by atoms with van der Waals surface area (Å²) in [6, 6.07) is 15.1. The van der Waals surface area contributed by atoms with Crippen LogP contribution in [0.1, 0.15) is 5.56 Å². The fraction of sp³-hybridized carbons (Fsp3) is 0.0588. The highest BCUT2D eigenvalue weighted by atomic mass is 32.1. The minimum atomic E-state index is -0.273. The average molecular weight is 320 g/mol. The monoisotopic (exact) mass is 320 g/mol. The van der Waals surface area contributed by atoms with Gasteiger partial charge in [-0.1, -0.05) is 30.3 Å². The highest BCUT2D eigenvalue weighted by molar-refractivity contribution is 7.71. The van der Waals surface area contributed by atoms with E-state index in [1.807, 2.05) is 55.5 Å². The topological polar surface area (TPSA) is 63.6 Å². The Morgan fingerprint density at radius 2 is 1.87 bits per heavy atom. The minimum Gasteiger partial charge on any atom is -0.329 e. The molecule has 1 N–H and O–H groups in total. The Bertz CT molecular complexity index is 1160. The lowest BCUT2D eigenvalue weighted by molar-refractivity contribution is 0.925. The smallest absolute Gasteiger partial charge is 0.287 e. The number of para-hydroxylation sites is 1. The molecule has 4 rings (SSSR count).